The Morgan fingerprint density at radius 2 is 2.00 bits per heavy atom. The smallest absolute Gasteiger partial charge is 0.251 e. The highest BCUT2D eigenvalue weighted by Crippen LogP contribution is 2.20. The van der Waals surface area contributed by atoms with Gasteiger partial charge in [-0.05, 0) is 44.6 Å². The predicted molar refractivity (Wildman–Crippen MR) is 79.8 cm³/mol. The fourth-order valence-electron chi connectivity index (χ4n) is 2.24. The average Bonchev–Trinajstić information content (AvgIpc) is 2.27. The van der Waals surface area contributed by atoms with Gasteiger partial charge in [0.1, 0.15) is 0 Å². The lowest BCUT2D eigenvalue weighted by Gasteiger charge is -2.30. The summed E-state index contributed by atoms with van der Waals surface area (Å²) >= 11 is 6.80. The molecule has 5 heteroatoms. The zero-order chi connectivity index (χ0) is 13.1. The Morgan fingerprint density at radius 1 is 1.33 bits per heavy atom. The fraction of sp³-hybridized carbons (Fsp3) is 0.462. The summed E-state index contributed by atoms with van der Waals surface area (Å²) in [5.41, 5.74) is 0.685. The molecule has 0 spiro atoms. The molecule has 2 rings (SSSR count). The highest BCUT2D eigenvalue weighted by molar-refractivity contribution is 9.11. The molecule has 0 saturated carbocycles. The SMILES string of the molecule is CN1CCCC(NC(=O)c2cc(Br)cc(Br)c2)C1. The highest BCUT2D eigenvalue weighted by atomic mass is 79.9. The van der Waals surface area contributed by atoms with Crippen LogP contribution in [-0.4, -0.2) is 37.0 Å². The van der Waals surface area contributed by atoms with Gasteiger partial charge in [0.25, 0.3) is 5.91 Å². The van der Waals surface area contributed by atoms with Crippen LogP contribution in [-0.2, 0) is 0 Å². The fourth-order valence-corrected chi connectivity index (χ4v) is 3.53. The van der Waals surface area contributed by atoms with Gasteiger partial charge in [-0.15, -0.1) is 0 Å². The molecular formula is C13H16Br2N2O. The molecule has 1 N–H and O–H groups in total. The number of rotatable bonds is 2. The summed E-state index contributed by atoms with van der Waals surface area (Å²) in [6, 6.07) is 5.86. The van der Waals surface area contributed by atoms with Crippen LogP contribution < -0.4 is 5.32 Å². The summed E-state index contributed by atoms with van der Waals surface area (Å²) in [5, 5.41) is 3.10. The minimum Gasteiger partial charge on any atom is -0.348 e. The van der Waals surface area contributed by atoms with Gasteiger partial charge in [-0.2, -0.15) is 0 Å². The summed E-state index contributed by atoms with van der Waals surface area (Å²) < 4.78 is 1.81. The zero-order valence-corrected chi connectivity index (χ0v) is 13.4. The van der Waals surface area contributed by atoms with E-state index in [9.17, 15) is 4.79 Å². The van der Waals surface area contributed by atoms with Crippen LogP contribution in [0.5, 0.6) is 0 Å². The number of hydrogen-bond acceptors (Lipinski definition) is 2. The van der Waals surface area contributed by atoms with Gasteiger partial charge in [0, 0.05) is 27.1 Å². The van der Waals surface area contributed by atoms with Crippen LogP contribution in [0.4, 0.5) is 0 Å². The Kier molecular flexibility index (Phi) is 4.81. The van der Waals surface area contributed by atoms with Gasteiger partial charge < -0.3 is 10.2 Å². The standard InChI is InChI=1S/C13H16Br2N2O/c1-17-4-2-3-12(8-17)16-13(18)9-5-10(14)7-11(15)6-9/h5-7,12H,2-4,8H2,1H3,(H,16,18). The molecule has 1 aromatic carbocycles. The number of benzene rings is 1. The molecule has 1 unspecified atom stereocenters. The van der Waals surface area contributed by atoms with E-state index >= 15 is 0 Å². The Balaban J connectivity index is 2.02. The highest BCUT2D eigenvalue weighted by Gasteiger charge is 2.19. The number of carbonyl (C=O) groups is 1. The van der Waals surface area contributed by atoms with Crippen molar-refractivity contribution in [1.82, 2.24) is 10.2 Å². The van der Waals surface area contributed by atoms with Crippen molar-refractivity contribution in [2.45, 2.75) is 18.9 Å². The first-order valence-corrected chi connectivity index (χ1v) is 7.58. The third-order valence-corrected chi connectivity index (χ3v) is 4.00. The molecule has 18 heavy (non-hydrogen) atoms. The molecule has 0 aliphatic carbocycles. The predicted octanol–water partition coefficient (Wildman–Crippen LogP) is 3.04. The molecule has 1 atom stereocenters. The summed E-state index contributed by atoms with van der Waals surface area (Å²) in [7, 11) is 2.09. The van der Waals surface area contributed by atoms with Crippen LogP contribution in [0.15, 0.2) is 27.1 Å². The Morgan fingerprint density at radius 3 is 2.61 bits per heavy atom. The Bertz CT molecular complexity index is 430. The topological polar surface area (TPSA) is 32.3 Å². The minimum atomic E-state index is -0.00250. The van der Waals surface area contributed by atoms with Crippen molar-refractivity contribution in [2.75, 3.05) is 20.1 Å². The van der Waals surface area contributed by atoms with E-state index in [1.54, 1.807) is 0 Å². The first-order chi connectivity index (χ1) is 8.54. The van der Waals surface area contributed by atoms with E-state index in [1.807, 2.05) is 18.2 Å². The second-order valence-corrected chi connectivity index (χ2v) is 6.56. The van der Waals surface area contributed by atoms with Crippen LogP contribution in [0.25, 0.3) is 0 Å². The van der Waals surface area contributed by atoms with Gasteiger partial charge >= 0.3 is 0 Å². The molecule has 0 aromatic heterocycles. The summed E-state index contributed by atoms with van der Waals surface area (Å²) in [4.78, 5) is 14.4. The van der Waals surface area contributed by atoms with Crippen molar-refractivity contribution in [3.05, 3.63) is 32.7 Å². The second kappa shape index (κ2) is 6.17. The van der Waals surface area contributed by atoms with E-state index in [-0.39, 0.29) is 11.9 Å². The van der Waals surface area contributed by atoms with Crippen LogP contribution in [0.3, 0.4) is 0 Å². The molecule has 0 bridgehead atoms. The summed E-state index contributed by atoms with van der Waals surface area (Å²) in [6.07, 6.45) is 2.20. The number of amides is 1. The van der Waals surface area contributed by atoms with Crippen LogP contribution in [0.2, 0.25) is 0 Å². The van der Waals surface area contributed by atoms with Crippen molar-refractivity contribution in [3.63, 3.8) is 0 Å². The number of hydrogen-bond donors (Lipinski definition) is 1. The maximum Gasteiger partial charge on any atom is 0.251 e. The van der Waals surface area contributed by atoms with E-state index < -0.39 is 0 Å². The molecule has 1 saturated heterocycles. The van der Waals surface area contributed by atoms with E-state index in [0.29, 0.717) is 5.56 Å². The van der Waals surface area contributed by atoms with Crippen molar-refractivity contribution in [2.24, 2.45) is 0 Å². The van der Waals surface area contributed by atoms with Crippen molar-refractivity contribution < 1.29 is 4.79 Å². The molecule has 0 radical (unpaired) electrons. The lowest BCUT2D eigenvalue weighted by atomic mass is 10.1. The normalized spacial score (nSPS) is 20.7. The molecule has 3 nitrogen and oxygen atoms in total. The van der Waals surface area contributed by atoms with Gasteiger partial charge in [0.15, 0.2) is 0 Å². The maximum atomic E-state index is 12.2. The minimum absolute atomic E-state index is 0.00250. The van der Waals surface area contributed by atoms with Gasteiger partial charge in [-0.25, -0.2) is 0 Å². The first kappa shape index (κ1) is 14.0. The number of nitrogens with one attached hydrogen (secondary N) is 1. The third kappa shape index (κ3) is 3.80. The monoisotopic (exact) mass is 374 g/mol. The van der Waals surface area contributed by atoms with Crippen molar-refractivity contribution >= 4 is 37.8 Å². The molecule has 1 amide bonds. The van der Waals surface area contributed by atoms with Gasteiger partial charge in [-0.1, -0.05) is 31.9 Å². The number of piperidine rings is 1. The number of likely N-dealkylation sites (tertiary alicyclic amines) is 1. The average molecular weight is 376 g/mol. The second-order valence-electron chi connectivity index (χ2n) is 4.73. The number of halogens is 2. The van der Waals surface area contributed by atoms with Crippen LogP contribution in [0, 0.1) is 0 Å². The molecule has 1 aliphatic heterocycles. The molecular weight excluding hydrogens is 360 g/mol. The molecule has 1 aliphatic rings. The lowest BCUT2D eigenvalue weighted by molar-refractivity contribution is 0.0912. The van der Waals surface area contributed by atoms with Crippen LogP contribution in [0.1, 0.15) is 23.2 Å². The zero-order valence-electron chi connectivity index (χ0n) is 10.2. The molecule has 1 fully saturated rings. The largest absolute Gasteiger partial charge is 0.348 e. The van der Waals surface area contributed by atoms with E-state index in [4.69, 9.17) is 0 Å². The van der Waals surface area contributed by atoms with Gasteiger partial charge in [-0.3, -0.25) is 4.79 Å². The number of carbonyl (C=O) groups excluding carboxylic acids is 1. The lowest BCUT2D eigenvalue weighted by Crippen LogP contribution is -2.46. The first-order valence-electron chi connectivity index (χ1n) is 6.00. The van der Waals surface area contributed by atoms with Crippen molar-refractivity contribution in [1.29, 1.82) is 0 Å². The summed E-state index contributed by atoms with van der Waals surface area (Å²) in [5.74, 6) is -0.00250. The van der Waals surface area contributed by atoms with Crippen LogP contribution >= 0.6 is 31.9 Å². The molecule has 1 heterocycles. The third-order valence-electron chi connectivity index (χ3n) is 3.08. The van der Waals surface area contributed by atoms with E-state index in [0.717, 1.165) is 34.9 Å². The number of likely N-dealkylation sites (N-methyl/N-ethyl adjacent to an activating group) is 1. The maximum absolute atomic E-state index is 12.2. The van der Waals surface area contributed by atoms with E-state index in [1.165, 1.54) is 0 Å². The van der Waals surface area contributed by atoms with Gasteiger partial charge in [0.2, 0.25) is 0 Å². The summed E-state index contributed by atoms with van der Waals surface area (Å²) in [6.45, 7) is 2.05. The molecule has 1 aromatic rings. The quantitative estimate of drug-likeness (QED) is 0.861. The van der Waals surface area contributed by atoms with E-state index in [2.05, 4.69) is 49.1 Å². The van der Waals surface area contributed by atoms with Gasteiger partial charge in [0.05, 0.1) is 0 Å². The molecule has 98 valence electrons. The van der Waals surface area contributed by atoms with Crippen molar-refractivity contribution in [3.8, 4) is 0 Å². The Labute approximate surface area is 124 Å². The number of nitrogens with zero attached hydrogens (tertiary/aromatic N) is 1. The Hall–Kier alpha value is -0.390.